The van der Waals surface area contributed by atoms with E-state index in [0.29, 0.717) is 25.8 Å². The molecule has 0 unspecified atom stereocenters. The van der Waals surface area contributed by atoms with Gasteiger partial charge in [0.25, 0.3) is 0 Å². The van der Waals surface area contributed by atoms with Crippen molar-refractivity contribution >= 4 is 22.9 Å². The fourth-order valence-corrected chi connectivity index (χ4v) is 3.55. The molecular weight excluding hydrogens is 306 g/mol. The quantitative estimate of drug-likeness (QED) is 0.883. The Morgan fingerprint density at radius 2 is 2.00 bits per heavy atom. The van der Waals surface area contributed by atoms with Crippen LogP contribution in [-0.2, 0) is 16.1 Å². The van der Waals surface area contributed by atoms with E-state index in [4.69, 9.17) is 5.11 Å². The molecule has 6 heteroatoms. The largest absolute Gasteiger partial charge is 0.481 e. The van der Waals surface area contributed by atoms with Crippen LogP contribution in [0.15, 0.2) is 24.3 Å². The molecule has 1 saturated carbocycles. The van der Waals surface area contributed by atoms with E-state index in [0.717, 1.165) is 16.9 Å². The molecule has 6 nitrogen and oxygen atoms in total. The van der Waals surface area contributed by atoms with Crippen LogP contribution in [0.2, 0.25) is 0 Å². The number of aromatic nitrogens is 2. The first kappa shape index (κ1) is 16.5. The van der Waals surface area contributed by atoms with Gasteiger partial charge < -0.3 is 15.0 Å². The zero-order valence-electron chi connectivity index (χ0n) is 14.0. The number of hydrogen-bond acceptors (Lipinski definition) is 3. The molecule has 0 spiro atoms. The van der Waals surface area contributed by atoms with Gasteiger partial charge in [0.1, 0.15) is 5.82 Å². The van der Waals surface area contributed by atoms with E-state index in [2.05, 4.69) is 28.7 Å². The molecule has 1 amide bonds. The molecule has 2 N–H and O–H groups in total. The summed E-state index contributed by atoms with van der Waals surface area (Å²) in [7, 11) is 0. The molecule has 1 aliphatic rings. The van der Waals surface area contributed by atoms with Crippen LogP contribution in [0.3, 0.4) is 0 Å². The Morgan fingerprint density at radius 3 is 2.67 bits per heavy atom. The zero-order valence-corrected chi connectivity index (χ0v) is 14.0. The average molecular weight is 329 g/mol. The van der Waals surface area contributed by atoms with Gasteiger partial charge in [0.05, 0.1) is 23.5 Å². The standard InChI is InChI=1S/C18H23N3O3/c1-11(2)21-15-6-4-3-5-14(15)20-16(21)10-19-17(22)12-7-8-13(9-12)18(23)24/h3-6,11-13H,7-10H2,1-2H3,(H,19,22)(H,23,24)/t12-,13+/m1/s1. The second-order valence-electron chi connectivity index (χ2n) is 6.74. The average Bonchev–Trinajstić information content (AvgIpc) is 3.16. The smallest absolute Gasteiger partial charge is 0.306 e. The van der Waals surface area contributed by atoms with Crippen molar-refractivity contribution in [1.82, 2.24) is 14.9 Å². The lowest BCUT2D eigenvalue weighted by Gasteiger charge is -2.15. The van der Waals surface area contributed by atoms with Crippen LogP contribution >= 0.6 is 0 Å². The molecule has 0 saturated heterocycles. The van der Waals surface area contributed by atoms with Crippen LogP contribution in [0.5, 0.6) is 0 Å². The molecule has 24 heavy (non-hydrogen) atoms. The summed E-state index contributed by atoms with van der Waals surface area (Å²) in [6.45, 7) is 4.54. The summed E-state index contributed by atoms with van der Waals surface area (Å²) in [4.78, 5) is 28.0. The van der Waals surface area contributed by atoms with Gasteiger partial charge in [0, 0.05) is 12.0 Å². The number of fused-ring (bicyclic) bond motifs is 1. The molecule has 128 valence electrons. The maximum Gasteiger partial charge on any atom is 0.306 e. The zero-order chi connectivity index (χ0) is 17.3. The summed E-state index contributed by atoms with van der Waals surface area (Å²) >= 11 is 0. The topological polar surface area (TPSA) is 84.2 Å². The molecule has 2 aromatic rings. The van der Waals surface area contributed by atoms with E-state index in [1.807, 2.05) is 24.3 Å². The van der Waals surface area contributed by atoms with E-state index in [9.17, 15) is 9.59 Å². The Balaban J connectivity index is 1.71. The molecule has 0 radical (unpaired) electrons. The number of para-hydroxylation sites is 2. The van der Waals surface area contributed by atoms with Crippen molar-refractivity contribution in [1.29, 1.82) is 0 Å². The number of benzene rings is 1. The van der Waals surface area contributed by atoms with Gasteiger partial charge in [-0.25, -0.2) is 4.98 Å². The van der Waals surface area contributed by atoms with Crippen molar-refractivity contribution in [2.75, 3.05) is 0 Å². The first-order valence-corrected chi connectivity index (χ1v) is 8.43. The highest BCUT2D eigenvalue weighted by Gasteiger charge is 2.33. The Bertz CT molecular complexity index is 766. The molecule has 2 atom stereocenters. The first-order valence-electron chi connectivity index (χ1n) is 8.43. The van der Waals surface area contributed by atoms with E-state index >= 15 is 0 Å². The summed E-state index contributed by atoms with van der Waals surface area (Å²) < 4.78 is 2.13. The number of rotatable bonds is 5. The highest BCUT2D eigenvalue weighted by atomic mass is 16.4. The van der Waals surface area contributed by atoms with E-state index < -0.39 is 5.97 Å². The number of imidazole rings is 1. The second-order valence-corrected chi connectivity index (χ2v) is 6.74. The summed E-state index contributed by atoms with van der Waals surface area (Å²) in [5.41, 5.74) is 1.98. The van der Waals surface area contributed by atoms with Gasteiger partial charge in [-0.3, -0.25) is 9.59 Å². The van der Waals surface area contributed by atoms with Crippen LogP contribution in [0, 0.1) is 11.8 Å². The fraction of sp³-hybridized carbons (Fsp3) is 0.500. The number of carbonyl (C=O) groups is 2. The minimum atomic E-state index is -0.799. The van der Waals surface area contributed by atoms with Crippen LogP contribution in [0.25, 0.3) is 11.0 Å². The Morgan fingerprint density at radius 1 is 1.29 bits per heavy atom. The predicted octanol–water partition coefficient (Wildman–Crippen LogP) is 2.73. The third kappa shape index (κ3) is 3.13. The van der Waals surface area contributed by atoms with E-state index in [-0.39, 0.29) is 23.8 Å². The minimum Gasteiger partial charge on any atom is -0.481 e. The van der Waals surface area contributed by atoms with Crippen molar-refractivity contribution in [2.45, 2.75) is 45.7 Å². The van der Waals surface area contributed by atoms with E-state index in [1.54, 1.807) is 0 Å². The molecule has 1 fully saturated rings. The monoisotopic (exact) mass is 329 g/mol. The predicted molar refractivity (Wildman–Crippen MR) is 90.4 cm³/mol. The van der Waals surface area contributed by atoms with Gasteiger partial charge in [-0.1, -0.05) is 12.1 Å². The van der Waals surface area contributed by atoms with Crippen molar-refractivity contribution in [3.05, 3.63) is 30.1 Å². The lowest BCUT2D eigenvalue weighted by molar-refractivity contribution is -0.141. The molecule has 1 aromatic heterocycles. The summed E-state index contributed by atoms with van der Waals surface area (Å²) in [6.07, 6.45) is 1.66. The number of nitrogens with zero attached hydrogens (tertiary/aromatic N) is 2. The third-order valence-electron chi connectivity index (χ3n) is 4.76. The van der Waals surface area contributed by atoms with Crippen LogP contribution in [0.4, 0.5) is 0 Å². The summed E-state index contributed by atoms with van der Waals surface area (Å²) in [5.74, 6) is -0.635. The molecular formula is C18H23N3O3. The normalized spacial score (nSPS) is 20.6. The molecule has 3 rings (SSSR count). The van der Waals surface area contributed by atoms with Crippen molar-refractivity contribution in [2.24, 2.45) is 11.8 Å². The molecule has 1 heterocycles. The van der Waals surface area contributed by atoms with Gasteiger partial charge in [-0.15, -0.1) is 0 Å². The summed E-state index contributed by atoms with van der Waals surface area (Å²) in [5, 5.41) is 12.0. The minimum absolute atomic E-state index is 0.0684. The number of carboxylic acids is 1. The van der Waals surface area contributed by atoms with Gasteiger partial charge >= 0.3 is 5.97 Å². The number of amides is 1. The summed E-state index contributed by atoms with van der Waals surface area (Å²) in [6, 6.07) is 8.17. The van der Waals surface area contributed by atoms with Crippen LogP contribution in [-0.4, -0.2) is 26.5 Å². The lowest BCUT2D eigenvalue weighted by atomic mass is 10.0. The molecule has 0 aliphatic heterocycles. The fourth-order valence-electron chi connectivity index (χ4n) is 3.55. The van der Waals surface area contributed by atoms with Crippen LogP contribution < -0.4 is 5.32 Å². The highest BCUT2D eigenvalue weighted by molar-refractivity contribution is 5.81. The Labute approximate surface area is 140 Å². The number of carboxylic acid groups (broad SMARTS) is 1. The van der Waals surface area contributed by atoms with Gasteiger partial charge in [-0.05, 0) is 45.2 Å². The number of carbonyl (C=O) groups excluding carboxylic acids is 1. The molecule has 1 aliphatic carbocycles. The van der Waals surface area contributed by atoms with E-state index in [1.165, 1.54) is 0 Å². The second kappa shape index (κ2) is 6.63. The lowest BCUT2D eigenvalue weighted by Crippen LogP contribution is -2.30. The number of hydrogen-bond donors (Lipinski definition) is 2. The molecule has 0 bridgehead atoms. The molecule has 1 aromatic carbocycles. The number of nitrogens with one attached hydrogen (secondary N) is 1. The Hall–Kier alpha value is -2.37. The SMILES string of the molecule is CC(C)n1c(CNC(=O)[C@@H]2CC[C@H](C(=O)O)C2)nc2ccccc21. The van der Waals surface area contributed by atoms with Crippen molar-refractivity contribution in [3.8, 4) is 0 Å². The van der Waals surface area contributed by atoms with Gasteiger partial charge in [0.2, 0.25) is 5.91 Å². The maximum atomic E-state index is 12.3. The van der Waals surface area contributed by atoms with Crippen molar-refractivity contribution < 1.29 is 14.7 Å². The van der Waals surface area contributed by atoms with Gasteiger partial charge in [-0.2, -0.15) is 0 Å². The first-order chi connectivity index (χ1) is 11.5. The number of aliphatic carboxylic acids is 1. The Kier molecular flexibility index (Phi) is 4.55. The van der Waals surface area contributed by atoms with Crippen LogP contribution in [0.1, 0.15) is 45.0 Å². The third-order valence-corrected chi connectivity index (χ3v) is 4.76. The maximum absolute atomic E-state index is 12.3. The van der Waals surface area contributed by atoms with Crippen molar-refractivity contribution in [3.63, 3.8) is 0 Å². The van der Waals surface area contributed by atoms with Gasteiger partial charge in [0.15, 0.2) is 0 Å². The highest BCUT2D eigenvalue weighted by Crippen LogP contribution is 2.31.